The SMILES string of the molecule is CN(C)c1nc(NN)nc(Sc2nc(N)cc(N)n2)n1. The first-order valence-electron chi connectivity index (χ1n) is 5.46. The van der Waals surface area contributed by atoms with Crippen molar-refractivity contribution in [2.24, 2.45) is 5.84 Å². The molecule has 2 aromatic rings. The highest BCUT2D eigenvalue weighted by Crippen LogP contribution is 2.24. The Bertz CT molecular complexity index is 595. The topological polar surface area (TPSA) is 158 Å². The third-order valence-electron chi connectivity index (χ3n) is 2.06. The molecule has 0 saturated heterocycles. The smallest absolute Gasteiger partial charge is 0.242 e. The molecule has 0 saturated carbocycles. The Morgan fingerprint density at radius 3 is 2.15 bits per heavy atom. The van der Waals surface area contributed by atoms with E-state index in [1.807, 2.05) is 0 Å². The van der Waals surface area contributed by atoms with Crippen LogP contribution in [0.2, 0.25) is 0 Å². The van der Waals surface area contributed by atoms with Crippen LogP contribution >= 0.6 is 11.8 Å². The summed E-state index contributed by atoms with van der Waals surface area (Å²) in [6, 6.07) is 1.47. The Labute approximate surface area is 119 Å². The molecule has 2 aromatic heterocycles. The van der Waals surface area contributed by atoms with Crippen molar-refractivity contribution in [3.05, 3.63) is 6.07 Å². The van der Waals surface area contributed by atoms with Crippen molar-refractivity contribution in [1.29, 1.82) is 0 Å². The summed E-state index contributed by atoms with van der Waals surface area (Å²) >= 11 is 1.11. The van der Waals surface area contributed by atoms with Crippen LogP contribution in [0.5, 0.6) is 0 Å². The van der Waals surface area contributed by atoms with Crippen LogP contribution in [0.3, 0.4) is 0 Å². The Hall–Kier alpha value is -2.40. The largest absolute Gasteiger partial charge is 0.383 e. The number of rotatable bonds is 4. The maximum absolute atomic E-state index is 5.61. The Morgan fingerprint density at radius 1 is 1.00 bits per heavy atom. The highest BCUT2D eigenvalue weighted by Gasteiger charge is 2.11. The Balaban J connectivity index is 2.34. The number of nitrogens with two attached hydrogens (primary N) is 3. The third-order valence-corrected chi connectivity index (χ3v) is 2.79. The van der Waals surface area contributed by atoms with E-state index in [1.54, 1.807) is 19.0 Å². The van der Waals surface area contributed by atoms with Gasteiger partial charge in [0.1, 0.15) is 11.6 Å². The number of hydrogen-bond donors (Lipinski definition) is 4. The van der Waals surface area contributed by atoms with Crippen LogP contribution in [0.4, 0.5) is 23.5 Å². The molecule has 20 heavy (non-hydrogen) atoms. The summed E-state index contributed by atoms with van der Waals surface area (Å²) in [6.45, 7) is 0. The molecule has 106 valence electrons. The average Bonchev–Trinajstić information content (AvgIpc) is 2.36. The Morgan fingerprint density at radius 2 is 1.60 bits per heavy atom. The monoisotopic (exact) mass is 294 g/mol. The molecule has 2 rings (SSSR count). The number of aromatic nitrogens is 5. The predicted molar refractivity (Wildman–Crippen MR) is 76.9 cm³/mol. The molecule has 0 atom stereocenters. The van der Waals surface area contributed by atoms with Crippen molar-refractivity contribution in [3.63, 3.8) is 0 Å². The van der Waals surface area contributed by atoms with Crippen molar-refractivity contribution in [1.82, 2.24) is 24.9 Å². The lowest BCUT2D eigenvalue weighted by Gasteiger charge is -2.11. The molecule has 7 N–H and O–H groups in total. The standard InChI is InChI=1S/C9H14N10S/c1-19(2)7-15-6(18-12)16-9(17-7)20-8-13-4(10)3-5(11)14-8/h3H,12H2,1-2H3,(H4,10,11,13,14)(H,15,16,17,18). The lowest BCUT2D eigenvalue weighted by atomic mass is 10.5. The molecule has 0 radical (unpaired) electrons. The van der Waals surface area contributed by atoms with E-state index < -0.39 is 0 Å². The molecule has 2 heterocycles. The van der Waals surface area contributed by atoms with Crippen LogP contribution < -0.4 is 27.6 Å². The lowest BCUT2D eigenvalue weighted by Crippen LogP contribution is -2.17. The first-order valence-corrected chi connectivity index (χ1v) is 6.27. The summed E-state index contributed by atoms with van der Waals surface area (Å²) < 4.78 is 0. The molecule has 0 bridgehead atoms. The first kappa shape index (κ1) is 14.0. The summed E-state index contributed by atoms with van der Waals surface area (Å²) in [5.41, 5.74) is 13.6. The minimum atomic E-state index is 0.239. The number of hydrogen-bond acceptors (Lipinski definition) is 11. The number of nitrogens with zero attached hydrogens (tertiary/aromatic N) is 6. The summed E-state index contributed by atoms with van der Waals surface area (Å²) in [5.74, 6) is 6.57. The van der Waals surface area contributed by atoms with E-state index in [0.29, 0.717) is 16.3 Å². The van der Waals surface area contributed by atoms with E-state index in [1.165, 1.54) is 6.07 Å². The zero-order valence-corrected chi connectivity index (χ0v) is 11.7. The molecule has 11 heteroatoms. The van der Waals surface area contributed by atoms with Crippen molar-refractivity contribution in [2.75, 3.05) is 35.9 Å². The van der Waals surface area contributed by atoms with Crippen molar-refractivity contribution < 1.29 is 0 Å². The quantitative estimate of drug-likeness (QED) is 0.322. The van der Waals surface area contributed by atoms with E-state index in [2.05, 4.69) is 30.3 Å². The molecule has 0 spiro atoms. The van der Waals surface area contributed by atoms with E-state index in [-0.39, 0.29) is 17.6 Å². The highest BCUT2D eigenvalue weighted by molar-refractivity contribution is 7.99. The molecule has 0 aliphatic carbocycles. The van der Waals surface area contributed by atoms with Gasteiger partial charge in [-0.15, -0.1) is 0 Å². The predicted octanol–water partition coefficient (Wildman–Crippen LogP) is -0.671. The molecule has 0 fully saturated rings. The van der Waals surface area contributed by atoms with Crippen LogP contribution in [0.25, 0.3) is 0 Å². The van der Waals surface area contributed by atoms with E-state index in [4.69, 9.17) is 17.3 Å². The van der Waals surface area contributed by atoms with Gasteiger partial charge in [-0.05, 0) is 11.8 Å². The molecule has 0 unspecified atom stereocenters. The molecule has 0 aliphatic heterocycles. The van der Waals surface area contributed by atoms with Gasteiger partial charge in [-0.1, -0.05) is 0 Å². The molecule has 10 nitrogen and oxygen atoms in total. The number of anilines is 4. The van der Waals surface area contributed by atoms with Gasteiger partial charge in [-0.25, -0.2) is 15.8 Å². The molecule has 0 amide bonds. The molecule has 0 aromatic carbocycles. The number of hydrazine groups is 1. The van der Waals surface area contributed by atoms with Crippen LogP contribution in [0.15, 0.2) is 16.4 Å². The Kier molecular flexibility index (Phi) is 4.00. The maximum atomic E-state index is 5.61. The zero-order chi connectivity index (χ0) is 14.7. The van der Waals surface area contributed by atoms with Crippen molar-refractivity contribution in [2.45, 2.75) is 10.3 Å². The van der Waals surface area contributed by atoms with Crippen LogP contribution in [-0.2, 0) is 0 Å². The van der Waals surface area contributed by atoms with Gasteiger partial charge in [-0.3, -0.25) is 5.43 Å². The van der Waals surface area contributed by atoms with E-state index in [9.17, 15) is 0 Å². The van der Waals surface area contributed by atoms with Gasteiger partial charge in [0.05, 0.1) is 0 Å². The lowest BCUT2D eigenvalue weighted by molar-refractivity contribution is 0.859. The van der Waals surface area contributed by atoms with Gasteiger partial charge in [0.25, 0.3) is 0 Å². The third kappa shape index (κ3) is 3.33. The van der Waals surface area contributed by atoms with Gasteiger partial charge >= 0.3 is 0 Å². The normalized spacial score (nSPS) is 10.3. The van der Waals surface area contributed by atoms with Crippen LogP contribution in [0.1, 0.15) is 0 Å². The van der Waals surface area contributed by atoms with Gasteiger partial charge < -0.3 is 16.4 Å². The van der Waals surface area contributed by atoms with E-state index in [0.717, 1.165) is 11.8 Å². The number of nitrogen functional groups attached to an aromatic ring is 3. The van der Waals surface area contributed by atoms with Gasteiger partial charge in [0, 0.05) is 20.2 Å². The fourth-order valence-corrected chi connectivity index (χ4v) is 1.97. The average molecular weight is 294 g/mol. The van der Waals surface area contributed by atoms with Gasteiger partial charge in [-0.2, -0.15) is 15.0 Å². The maximum Gasteiger partial charge on any atom is 0.242 e. The summed E-state index contributed by atoms with van der Waals surface area (Å²) in [4.78, 5) is 22.3. The second-order valence-electron chi connectivity index (χ2n) is 3.88. The first-order chi connectivity index (χ1) is 9.47. The fourth-order valence-electron chi connectivity index (χ4n) is 1.25. The summed E-state index contributed by atoms with van der Waals surface area (Å²) in [6.07, 6.45) is 0. The summed E-state index contributed by atoms with van der Waals surface area (Å²) in [5, 5.41) is 0.725. The minimum Gasteiger partial charge on any atom is -0.383 e. The van der Waals surface area contributed by atoms with Crippen molar-refractivity contribution in [3.8, 4) is 0 Å². The minimum absolute atomic E-state index is 0.239. The second-order valence-corrected chi connectivity index (χ2v) is 4.82. The second kappa shape index (κ2) is 5.71. The number of nitrogens with one attached hydrogen (secondary N) is 1. The van der Waals surface area contributed by atoms with E-state index >= 15 is 0 Å². The molecular formula is C9H14N10S. The van der Waals surface area contributed by atoms with Gasteiger partial charge in [0.2, 0.25) is 17.1 Å². The van der Waals surface area contributed by atoms with Crippen LogP contribution in [0, 0.1) is 0 Å². The zero-order valence-electron chi connectivity index (χ0n) is 10.9. The highest BCUT2D eigenvalue weighted by atomic mass is 32.2. The molecular weight excluding hydrogens is 280 g/mol. The summed E-state index contributed by atoms with van der Waals surface area (Å²) in [7, 11) is 3.61. The van der Waals surface area contributed by atoms with Gasteiger partial charge in [0.15, 0.2) is 5.16 Å². The fraction of sp³-hybridized carbons (Fsp3) is 0.222. The van der Waals surface area contributed by atoms with Crippen LogP contribution in [-0.4, -0.2) is 39.0 Å². The molecule has 0 aliphatic rings. The van der Waals surface area contributed by atoms with Crippen molar-refractivity contribution >= 4 is 35.3 Å².